The molecule has 0 aromatic heterocycles. The van der Waals surface area contributed by atoms with E-state index in [1.54, 1.807) is 18.2 Å². The van der Waals surface area contributed by atoms with Crippen LogP contribution in [0, 0.1) is 0 Å². The van der Waals surface area contributed by atoms with Gasteiger partial charge >= 0.3 is 12.1 Å². The number of rotatable bonds is 21. The molecule has 0 radical (unpaired) electrons. The van der Waals surface area contributed by atoms with Crippen molar-refractivity contribution in [2.75, 3.05) is 31.5 Å². The van der Waals surface area contributed by atoms with E-state index in [0.717, 1.165) is 43.6 Å². The first-order valence-corrected chi connectivity index (χ1v) is 19.6. The molecule has 52 heavy (non-hydrogen) atoms. The number of anilines is 1. The number of hydrogen-bond donors (Lipinski definition) is 2. The number of likely N-dealkylation sites (tertiary alicyclic amines) is 1. The van der Waals surface area contributed by atoms with Crippen molar-refractivity contribution in [2.45, 2.75) is 147 Å². The lowest BCUT2D eigenvalue weighted by atomic mass is 9.99. The molecule has 0 bridgehead atoms. The summed E-state index contributed by atoms with van der Waals surface area (Å²) in [4.78, 5) is 28.3. The molecule has 2 aromatic carbocycles. The Morgan fingerprint density at radius 2 is 1.50 bits per heavy atom. The molecular weight excluding hydrogens is 671 g/mol. The van der Waals surface area contributed by atoms with Gasteiger partial charge in [-0.05, 0) is 62.0 Å². The van der Waals surface area contributed by atoms with Crippen LogP contribution in [-0.4, -0.2) is 71.2 Å². The zero-order valence-corrected chi connectivity index (χ0v) is 31.2. The molecule has 0 aliphatic carbocycles. The van der Waals surface area contributed by atoms with Gasteiger partial charge in [-0.25, -0.2) is 0 Å². The largest absolute Gasteiger partial charge is 0.471 e. The zero-order chi connectivity index (χ0) is 37.3. The van der Waals surface area contributed by atoms with Crippen molar-refractivity contribution in [3.63, 3.8) is 0 Å². The number of nitrogens with zero attached hydrogens (tertiary/aromatic N) is 2. The van der Waals surface area contributed by atoms with Gasteiger partial charge in [0.25, 0.3) is 0 Å². The predicted octanol–water partition coefficient (Wildman–Crippen LogP) is 9.24. The van der Waals surface area contributed by atoms with Crippen LogP contribution in [0.3, 0.4) is 0 Å². The number of halogens is 3. The molecule has 4 rings (SSSR count). The lowest BCUT2D eigenvalue weighted by molar-refractivity contribution is -0.253. The third-order valence-corrected chi connectivity index (χ3v) is 10.2. The highest BCUT2D eigenvalue weighted by Gasteiger charge is 2.47. The second kappa shape index (κ2) is 21.6. The fourth-order valence-electron chi connectivity index (χ4n) is 7.28. The van der Waals surface area contributed by atoms with Crippen molar-refractivity contribution in [3.8, 4) is 0 Å². The first-order valence-electron chi connectivity index (χ1n) is 19.6. The maximum Gasteiger partial charge on any atom is 0.471 e. The summed E-state index contributed by atoms with van der Waals surface area (Å²) in [5.41, 5.74) is 2.86. The molecule has 8 nitrogen and oxygen atoms in total. The van der Waals surface area contributed by atoms with Gasteiger partial charge in [-0.2, -0.15) is 13.2 Å². The van der Waals surface area contributed by atoms with Gasteiger partial charge in [0.2, 0.25) is 5.91 Å². The van der Waals surface area contributed by atoms with E-state index >= 15 is 0 Å². The van der Waals surface area contributed by atoms with E-state index in [0.29, 0.717) is 29.0 Å². The van der Waals surface area contributed by atoms with Crippen LogP contribution in [0.25, 0.3) is 0 Å². The number of unbranched alkanes of at least 4 members (excludes halogenated alkanes) is 10. The fraction of sp³-hybridized carbons (Fsp3) is 0.659. The zero-order valence-electron chi connectivity index (χ0n) is 31.2. The molecule has 290 valence electrons. The van der Waals surface area contributed by atoms with E-state index in [1.807, 2.05) is 30.3 Å². The molecule has 0 unspecified atom stereocenters. The van der Waals surface area contributed by atoms with Crippen molar-refractivity contribution in [3.05, 3.63) is 65.2 Å². The Bertz CT molecular complexity index is 1340. The van der Waals surface area contributed by atoms with Gasteiger partial charge in [-0.3, -0.25) is 9.59 Å². The number of carbonyl (C=O) groups is 2. The van der Waals surface area contributed by atoms with Crippen LogP contribution in [0.5, 0.6) is 0 Å². The maximum atomic E-state index is 13.2. The van der Waals surface area contributed by atoms with E-state index in [2.05, 4.69) is 24.1 Å². The van der Waals surface area contributed by atoms with Gasteiger partial charge in [-0.15, -0.1) is 0 Å². The van der Waals surface area contributed by atoms with Gasteiger partial charge in [-0.1, -0.05) is 114 Å². The summed E-state index contributed by atoms with van der Waals surface area (Å²) in [5, 5.41) is 12.4. The van der Waals surface area contributed by atoms with Crippen molar-refractivity contribution in [2.24, 2.45) is 0 Å². The highest BCUT2D eigenvalue weighted by molar-refractivity contribution is 5.98. The minimum atomic E-state index is -5.04. The highest BCUT2D eigenvalue weighted by Crippen LogP contribution is 2.39. The molecule has 0 spiro atoms. The summed E-state index contributed by atoms with van der Waals surface area (Å²) in [6.45, 7) is 7.09. The van der Waals surface area contributed by atoms with Crippen molar-refractivity contribution < 1.29 is 37.3 Å². The van der Waals surface area contributed by atoms with Crippen LogP contribution >= 0.6 is 0 Å². The second-order valence-electron chi connectivity index (χ2n) is 14.5. The summed E-state index contributed by atoms with van der Waals surface area (Å²) >= 11 is 0. The molecule has 2 aromatic rings. The number of nitrogens with one attached hydrogen (secondary N) is 1. The van der Waals surface area contributed by atoms with Crippen molar-refractivity contribution in [1.82, 2.24) is 9.80 Å². The lowest BCUT2D eigenvalue weighted by Crippen LogP contribution is -2.48. The molecule has 2 N–H and O–H groups in total. The number of amides is 2. The van der Waals surface area contributed by atoms with E-state index in [9.17, 15) is 27.9 Å². The number of hydrogen-bond acceptors (Lipinski definition) is 6. The molecule has 11 heteroatoms. The normalized spacial score (nSPS) is 20.8. The first-order chi connectivity index (χ1) is 25.1. The summed E-state index contributed by atoms with van der Waals surface area (Å²) in [5.74, 6) is -2.65. The van der Waals surface area contributed by atoms with E-state index in [4.69, 9.17) is 9.47 Å². The van der Waals surface area contributed by atoms with Gasteiger partial charge in [0.15, 0.2) is 6.29 Å². The molecule has 2 saturated heterocycles. The molecular formula is C41H60F3N3O5. The Morgan fingerprint density at radius 3 is 2.12 bits per heavy atom. The smallest absolute Gasteiger partial charge is 0.392 e. The quantitative estimate of drug-likeness (QED) is 0.125. The van der Waals surface area contributed by atoms with Crippen LogP contribution in [-0.2, 0) is 25.7 Å². The van der Waals surface area contributed by atoms with E-state index in [1.165, 1.54) is 64.2 Å². The number of alkyl halides is 3. The third-order valence-electron chi connectivity index (χ3n) is 10.2. The fourth-order valence-corrected chi connectivity index (χ4v) is 7.28. The minimum absolute atomic E-state index is 0.0481. The van der Waals surface area contributed by atoms with Crippen molar-refractivity contribution >= 4 is 17.5 Å². The molecule has 4 atom stereocenters. The van der Waals surface area contributed by atoms with Gasteiger partial charge in [0.1, 0.15) is 6.04 Å². The Morgan fingerprint density at radius 1 is 0.865 bits per heavy atom. The highest BCUT2D eigenvalue weighted by atomic mass is 19.4. The number of carbonyl (C=O) groups excluding carboxylic acids is 2. The van der Waals surface area contributed by atoms with Crippen LogP contribution in [0.4, 0.5) is 18.9 Å². The van der Waals surface area contributed by atoms with Gasteiger partial charge < -0.3 is 29.7 Å². The SMILES string of the molecule is CCCCCCCCN(CCCCCCCC)C[C@H]1C[C@@H](c2ccc(CO)cc2)O[C@@H](c2cccc(NC(=O)[C@@H]3CCCN3C(=O)C(F)(F)F)c2)O1. The predicted molar refractivity (Wildman–Crippen MR) is 197 cm³/mol. The van der Waals surface area contributed by atoms with Crippen molar-refractivity contribution in [1.29, 1.82) is 0 Å². The lowest BCUT2D eigenvalue weighted by Gasteiger charge is -2.38. The van der Waals surface area contributed by atoms with Gasteiger partial charge in [0.05, 0.1) is 18.8 Å². The summed E-state index contributed by atoms with van der Waals surface area (Å²) in [7, 11) is 0. The van der Waals surface area contributed by atoms with Crippen LogP contribution < -0.4 is 5.32 Å². The maximum absolute atomic E-state index is 13.2. The van der Waals surface area contributed by atoms with Crippen LogP contribution in [0.1, 0.15) is 139 Å². The van der Waals surface area contributed by atoms with E-state index in [-0.39, 0.29) is 31.8 Å². The Hall–Kier alpha value is -2.99. The first kappa shape index (κ1) is 41.8. The second-order valence-corrected chi connectivity index (χ2v) is 14.5. The molecule has 2 aliphatic rings. The topological polar surface area (TPSA) is 91.3 Å². The Balaban J connectivity index is 1.49. The van der Waals surface area contributed by atoms with Crippen LogP contribution in [0.15, 0.2) is 48.5 Å². The number of aliphatic hydroxyl groups excluding tert-OH is 1. The number of ether oxygens (including phenoxy) is 2. The minimum Gasteiger partial charge on any atom is -0.392 e. The Kier molecular flexibility index (Phi) is 17.4. The summed E-state index contributed by atoms with van der Waals surface area (Å²) < 4.78 is 52.8. The number of benzene rings is 2. The summed E-state index contributed by atoms with van der Waals surface area (Å²) in [6, 6.07) is 13.6. The third kappa shape index (κ3) is 13.1. The van der Waals surface area contributed by atoms with Crippen LogP contribution in [0.2, 0.25) is 0 Å². The summed E-state index contributed by atoms with van der Waals surface area (Å²) in [6.07, 6.45) is 9.73. The van der Waals surface area contributed by atoms with E-state index < -0.39 is 30.3 Å². The molecule has 2 fully saturated rings. The Labute approximate surface area is 308 Å². The average molecular weight is 732 g/mol. The molecule has 2 aliphatic heterocycles. The molecule has 0 saturated carbocycles. The standard InChI is InChI=1S/C41H60F3N3O5/c1-3-5-7-9-11-13-24-46(25-14-12-10-8-6-4-2)29-35-28-37(32-22-20-31(30-48)21-23-32)52-39(51-35)33-17-15-18-34(27-33)45-38(49)36-19-16-26-47(36)40(50)41(42,43)44/h15,17-18,20-23,27,35-37,39,48H,3-14,16,19,24-26,28-30H2,1-2H3,(H,45,49)/t35-,36+,37+,39+/m1/s1. The monoisotopic (exact) mass is 731 g/mol. The average Bonchev–Trinajstić information content (AvgIpc) is 3.64. The number of aliphatic hydroxyl groups is 1. The van der Waals surface area contributed by atoms with Gasteiger partial charge in [0, 0.05) is 30.8 Å². The molecule has 2 heterocycles. The molecule has 2 amide bonds.